The average Bonchev–Trinajstić information content (AvgIpc) is 3.01. The summed E-state index contributed by atoms with van der Waals surface area (Å²) >= 11 is 0. The molecule has 2 aliphatic rings. The Morgan fingerprint density at radius 2 is 1.89 bits per heavy atom. The van der Waals surface area contributed by atoms with Crippen LogP contribution in [0.25, 0.3) is 0 Å². The Balaban J connectivity index is 1.98. The van der Waals surface area contributed by atoms with Gasteiger partial charge < -0.3 is 10.4 Å². The largest absolute Gasteiger partial charge is 0.394 e. The van der Waals surface area contributed by atoms with Gasteiger partial charge in [-0.1, -0.05) is 33.6 Å². The van der Waals surface area contributed by atoms with Crippen molar-refractivity contribution in [3.8, 4) is 0 Å². The van der Waals surface area contributed by atoms with E-state index < -0.39 is 0 Å². The van der Waals surface area contributed by atoms with Crippen molar-refractivity contribution in [3.63, 3.8) is 0 Å². The zero-order valence-electron chi connectivity index (χ0n) is 13.0. The topological polar surface area (TPSA) is 35.5 Å². The summed E-state index contributed by atoms with van der Waals surface area (Å²) in [6.07, 6.45) is 9.06. The molecule has 0 amide bonds. The molecule has 2 saturated carbocycles. The van der Waals surface area contributed by atoms with Crippen LogP contribution in [0, 0.1) is 0 Å². The number of nitrogens with one attached hydrogen (secondary N) is 1. The van der Waals surface area contributed by atoms with E-state index in [1.807, 2.05) is 0 Å². The van der Waals surface area contributed by atoms with Gasteiger partial charge in [-0.3, -0.25) is 4.90 Å². The summed E-state index contributed by atoms with van der Waals surface area (Å²) in [7, 11) is 0. The molecular weight excluding hydrogens is 236 g/mol. The highest BCUT2D eigenvalue weighted by molar-refractivity contribution is 5.01. The Morgan fingerprint density at radius 3 is 2.42 bits per heavy atom. The van der Waals surface area contributed by atoms with Crippen LogP contribution in [0.4, 0.5) is 0 Å². The number of aliphatic hydroxyl groups excluding tert-OH is 1. The number of hydrogen-bond donors (Lipinski definition) is 2. The summed E-state index contributed by atoms with van der Waals surface area (Å²) < 4.78 is 0. The second kappa shape index (κ2) is 6.55. The van der Waals surface area contributed by atoms with Crippen molar-refractivity contribution in [2.24, 2.45) is 0 Å². The van der Waals surface area contributed by atoms with E-state index in [0.717, 1.165) is 18.9 Å². The van der Waals surface area contributed by atoms with Gasteiger partial charge in [0.15, 0.2) is 0 Å². The lowest BCUT2D eigenvalue weighted by Gasteiger charge is -2.36. The molecule has 2 rings (SSSR count). The molecule has 2 unspecified atom stereocenters. The minimum atomic E-state index is -0.0230. The average molecular weight is 268 g/mol. The monoisotopic (exact) mass is 268 g/mol. The van der Waals surface area contributed by atoms with Gasteiger partial charge in [0.2, 0.25) is 0 Å². The molecule has 19 heavy (non-hydrogen) atoms. The Labute approximate surface area is 118 Å². The molecule has 2 N–H and O–H groups in total. The normalized spacial score (nSPS) is 32.8. The van der Waals surface area contributed by atoms with Crippen molar-refractivity contribution in [3.05, 3.63) is 0 Å². The quantitative estimate of drug-likeness (QED) is 0.777. The number of rotatable bonds is 6. The highest BCUT2D eigenvalue weighted by Gasteiger charge is 2.42. The molecule has 0 aromatic heterocycles. The zero-order valence-corrected chi connectivity index (χ0v) is 13.0. The fraction of sp³-hybridized carbons (Fsp3) is 1.00. The molecule has 0 aromatic carbocycles. The Bertz CT molecular complexity index is 276. The summed E-state index contributed by atoms with van der Waals surface area (Å²) in [4.78, 5) is 2.73. The van der Waals surface area contributed by atoms with E-state index in [1.54, 1.807) is 0 Å². The van der Waals surface area contributed by atoms with Gasteiger partial charge >= 0.3 is 0 Å². The zero-order chi connectivity index (χ0) is 13.9. The molecule has 3 nitrogen and oxygen atoms in total. The molecule has 2 fully saturated rings. The van der Waals surface area contributed by atoms with Gasteiger partial charge in [-0.25, -0.2) is 0 Å². The van der Waals surface area contributed by atoms with E-state index in [4.69, 9.17) is 0 Å². The summed E-state index contributed by atoms with van der Waals surface area (Å²) in [5, 5.41) is 13.4. The van der Waals surface area contributed by atoms with Crippen LogP contribution in [0.3, 0.4) is 0 Å². The molecule has 3 heteroatoms. The Morgan fingerprint density at radius 1 is 1.21 bits per heavy atom. The van der Waals surface area contributed by atoms with Gasteiger partial charge in [0.05, 0.1) is 6.61 Å². The van der Waals surface area contributed by atoms with Gasteiger partial charge in [-0.2, -0.15) is 0 Å². The molecule has 2 aliphatic carbocycles. The van der Waals surface area contributed by atoms with Crippen molar-refractivity contribution >= 4 is 0 Å². The van der Waals surface area contributed by atoms with Crippen molar-refractivity contribution in [1.29, 1.82) is 0 Å². The maximum absolute atomic E-state index is 9.82. The van der Waals surface area contributed by atoms with Gasteiger partial charge in [0, 0.05) is 23.7 Å². The van der Waals surface area contributed by atoms with E-state index in [9.17, 15) is 5.11 Å². The minimum absolute atomic E-state index is 0.0230. The van der Waals surface area contributed by atoms with Crippen LogP contribution in [0.15, 0.2) is 0 Å². The first-order valence-electron chi connectivity index (χ1n) is 8.24. The van der Waals surface area contributed by atoms with Crippen molar-refractivity contribution in [2.45, 2.75) is 89.4 Å². The van der Waals surface area contributed by atoms with Gasteiger partial charge in [-0.05, 0) is 38.6 Å². The van der Waals surface area contributed by atoms with Crippen molar-refractivity contribution in [1.82, 2.24) is 10.2 Å². The maximum atomic E-state index is 9.82. The molecule has 0 heterocycles. The van der Waals surface area contributed by atoms with Crippen molar-refractivity contribution in [2.75, 3.05) is 13.2 Å². The predicted octanol–water partition coefficient (Wildman–Crippen LogP) is 2.53. The summed E-state index contributed by atoms with van der Waals surface area (Å²) in [5.74, 6) is 0. The number of nitrogens with zero attached hydrogens (tertiary/aromatic N) is 1. The second-order valence-corrected chi connectivity index (χ2v) is 6.90. The summed E-state index contributed by atoms with van der Waals surface area (Å²) in [5.41, 5.74) is -0.0230. The molecule has 0 radical (unpaired) electrons. The van der Waals surface area contributed by atoms with E-state index in [1.165, 1.54) is 38.6 Å². The Hall–Kier alpha value is -0.120. The second-order valence-electron chi connectivity index (χ2n) is 6.90. The van der Waals surface area contributed by atoms with Crippen LogP contribution >= 0.6 is 0 Å². The van der Waals surface area contributed by atoms with E-state index >= 15 is 0 Å². The molecule has 0 aliphatic heterocycles. The third-order valence-corrected chi connectivity index (χ3v) is 5.11. The first-order chi connectivity index (χ1) is 9.10. The van der Waals surface area contributed by atoms with Gasteiger partial charge in [0.25, 0.3) is 0 Å². The van der Waals surface area contributed by atoms with E-state index in [2.05, 4.69) is 31.0 Å². The molecule has 0 spiro atoms. The lowest BCUT2D eigenvalue weighted by molar-refractivity contribution is 0.115. The predicted molar refractivity (Wildman–Crippen MR) is 80.4 cm³/mol. The molecule has 0 bridgehead atoms. The van der Waals surface area contributed by atoms with E-state index in [0.29, 0.717) is 12.1 Å². The third kappa shape index (κ3) is 3.50. The molecular formula is C16H32N2O. The molecule has 112 valence electrons. The van der Waals surface area contributed by atoms with Crippen LogP contribution in [0.2, 0.25) is 0 Å². The summed E-state index contributed by atoms with van der Waals surface area (Å²) in [6.45, 7) is 8.11. The summed E-state index contributed by atoms with van der Waals surface area (Å²) in [6, 6.07) is 1.93. The molecule has 2 atom stereocenters. The Kier molecular flexibility index (Phi) is 5.27. The van der Waals surface area contributed by atoms with E-state index in [-0.39, 0.29) is 12.1 Å². The van der Waals surface area contributed by atoms with Crippen LogP contribution < -0.4 is 5.32 Å². The van der Waals surface area contributed by atoms with Gasteiger partial charge in [-0.15, -0.1) is 0 Å². The fourth-order valence-corrected chi connectivity index (χ4v) is 4.36. The minimum Gasteiger partial charge on any atom is -0.394 e. The molecule has 0 saturated heterocycles. The van der Waals surface area contributed by atoms with Crippen LogP contribution in [-0.4, -0.2) is 46.8 Å². The highest BCUT2D eigenvalue weighted by atomic mass is 16.3. The highest BCUT2D eigenvalue weighted by Crippen LogP contribution is 2.36. The lowest BCUT2D eigenvalue weighted by atomic mass is 9.96. The lowest BCUT2D eigenvalue weighted by Crippen LogP contribution is -2.51. The van der Waals surface area contributed by atoms with Gasteiger partial charge in [0.1, 0.15) is 0 Å². The standard InChI is InChI=1S/C16H32N2O/c1-4-18(14-7-5-6-8-14)15-9-10-16(11-15,12-19)17-13(2)3/h13-15,17,19H,4-12H2,1-3H3. The SMILES string of the molecule is CCN(C1CCCC1)C1CCC(CO)(NC(C)C)C1. The van der Waals surface area contributed by atoms with Crippen LogP contribution in [0.1, 0.15) is 65.7 Å². The first kappa shape index (κ1) is 15.3. The van der Waals surface area contributed by atoms with Crippen LogP contribution in [-0.2, 0) is 0 Å². The van der Waals surface area contributed by atoms with Crippen molar-refractivity contribution < 1.29 is 5.11 Å². The first-order valence-corrected chi connectivity index (χ1v) is 8.24. The molecule has 0 aromatic rings. The smallest absolute Gasteiger partial charge is 0.0614 e. The number of aliphatic hydroxyl groups is 1. The number of hydrogen-bond acceptors (Lipinski definition) is 3. The fourth-order valence-electron chi connectivity index (χ4n) is 4.36. The van der Waals surface area contributed by atoms with Crippen LogP contribution in [0.5, 0.6) is 0 Å². The maximum Gasteiger partial charge on any atom is 0.0614 e. The third-order valence-electron chi connectivity index (χ3n) is 5.11.